The number of imide groups is 1. The van der Waals surface area contributed by atoms with E-state index in [9.17, 15) is 14.4 Å². The number of nitrogens with zero attached hydrogens (tertiary/aromatic N) is 4. The quantitative estimate of drug-likeness (QED) is 0.765. The van der Waals surface area contributed by atoms with Crippen LogP contribution in [0.25, 0.3) is 0 Å². The molecule has 0 unspecified atom stereocenters. The number of carbonyl (C=O) groups is 3. The maximum absolute atomic E-state index is 12.9. The van der Waals surface area contributed by atoms with E-state index in [1.165, 1.54) is 16.2 Å². The second-order valence-corrected chi connectivity index (χ2v) is 8.95. The van der Waals surface area contributed by atoms with Gasteiger partial charge in [-0.05, 0) is 19.8 Å². The molecular weight excluding hydrogens is 378 g/mol. The number of rotatable bonds is 4. The van der Waals surface area contributed by atoms with Crippen molar-refractivity contribution >= 4 is 29.2 Å². The average molecular weight is 406 g/mol. The molecule has 3 aliphatic rings. The van der Waals surface area contributed by atoms with Crippen LogP contribution >= 0.6 is 11.3 Å². The highest BCUT2D eigenvalue weighted by atomic mass is 32.1. The van der Waals surface area contributed by atoms with Crippen LogP contribution < -0.4 is 5.32 Å². The van der Waals surface area contributed by atoms with Crippen LogP contribution in [0, 0.1) is 6.92 Å². The summed E-state index contributed by atoms with van der Waals surface area (Å²) in [4.78, 5) is 47.4. The summed E-state index contributed by atoms with van der Waals surface area (Å²) in [5.74, 6) is 0.0139. The van der Waals surface area contributed by atoms with Crippen molar-refractivity contribution in [1.29, 1.82) is 0 Å². The first-order chi connectivity index (χ1) is 13.5. The Hall–Kier alpha value is -2.00. The molecule has 2 aliphatic heterocycles. The number of aromatic nitrogens is 1. The minimum Gasteiger partial charge on any atom is -0.340 e. The molecule has 1 spiro atoms. The molecule has 3 fully saturated rings. The molecular formula is C19H27N5O3S. The molecule has 28 heavy (non-hydrogen) atoms. The lowest BCUT2D eigenvalue weighted by molar-refractivity contribution is -0.136. The molecule has 2 saturated heterocycles. The second-order valence-electron chi connectivity index (χ2n) is 8.01. The Morgan fingerprint density at radius 3 is 2.54 bits per heavy atom. The van der Waals surface area contributed by atoms with E-state index in [-0.39, 0.29) is 17.8 Å². The van der Waals surface area contributed by atoms with Gasteiger partial charge in [0.05, 0.1) is 13.1 Å². The van der Waals surface area contributed by atoms with Gasteiger partial charge in [-0.15, -0.1) is 11.3 Å². The molecule has 1 saturated carbocycles. The van der Waals surface area contributed by atoms with Crippen molar-refractivity contribution in [2.24, 2.45) is 0 Å². The molecule has 4 rings (SSSR count). The van der Waals surface area contributed by atoms with Gasteiger partial charge in [0.2, 0.25) is 5.91 Å². The van der Waals surface area contributed by atoms with Crippen molar-refractivity contribution in [3.63, 3.8) is 0 Å². The van der Waals surface area contributed by atoms with Gasteiger partial charge in [0.25, 0.3) is 5.91 Å². The summed E-state index contributed by atoms with van der Waals surface area (Å²) in [6.45, 7) is 4.77. The summed E-state index contributed by atoms with van der Waals surface area (Å²) >= 11 is 1.52. The number of hydrogen-bond acceptors (Lipinski definition) is 6. The SMILES string of the molecule is Cc1csc(CC(=O)N2CCN(CN3C(=O)NC4(CCCCC4)C3=O)CC2)n1. The Labute approximate surface area is 168 Å². The summed E-state index contributed by atoms with van der Waals surface area (Å²) in [6, 6.07) is -0.274. The highest BCUT2D eigenvalue weighted by Crippen LogP contribution is 2.33. The number of carbonyl (C=O) groups excluding carboxylic acids is 3. The largest absolute Gasteiger partial charge is 0.340 e. The van der Waals surface area contributed by atoms with E-state index in [4.69, 9.17) is 0 Å². The fourth-order valence-electron chi connectivity index (χ4n) is 4.36. The van der Waals surface area contributed by atoms with Crippen LogP contribution in [-0.2, 0) is 16.0 Å². The number of nitrogens with one attached hydrogen (secondary N) is 1. The molecule has 1 aromatic rings. The molecule has 0 radical (unpaired) electrons. The highest BCUT2D eigenvalue weighted by Gasteiger charge is 2.51. The summed E-state index contributed by atoms with van der Waals surface area (Å²) in [6.07, 6.45) is 4.92. The molecule has 1 aliphatic carbocycles. The normalized spacial score (nSPS) is 22.8. The van der Waals surface area contributed by atoms with Crippen LogP contribution in [0.1, 0.15) is 42.8 Å². The average Bonchev–Trinajstić information content (AvgIpc) is 3.19. The third-order valence-corrected chi connectivity index (χ3v) is 6.96. The van der Waals surface area contributed by atoms with Gasteiger partial charge in [-0.3, -0.25) is 14.5 Å². The Bertz CT molecular complexity index is 765. The lowest BCUT2D eigenvalue weighted by Gasteiger charge is -2.36. The highest BCUT2D eigenvalue weighted by molar-refractivity contribution is 7.09. The predicted molar refractivity (Wildman–Crippen MR) is 105 cm³/mol. The maximum atomic E-state index is 12.9. The number of urea groups is 1. The molecule has 4 amide bonds. The van der Waals surface area contributed by atoms with Gasteiger partial charge in [0.1, 0.15) is 10.5 Å². The van der Waals surface area contributed by atoms with Gasteiger partial charge in [-0.25, -0.2) is 14.7 Å². The lowest BCUT2D eigenvalue weighted by Crippen LogP contribution is -2.53. The van der Waals surface area contributed by atoms with Crippen LogP contribution in [0.5, 0.6) is 0 Å². The van der Waals surface area contributed by atoms with Crippen LogP contribution in [-0.4, -0.2) is 75.9 Å². The van der Waals surface area contributed by atoms with Crippen molar-refractivity contribution in [2.75, 3.05) is 32.8 Å². The molecule has 0 atom stereocenters. The third kappa shape index (κ3) is 3.77. The summed E-state index contributed by atoms with van der Waals surface area (Å²) in [7, 11) is 0. The molecule has 1 N–H and O–H groups in total. The second kappa shape index (κ2) is 7.79. The van der Waals surface area contributed by atoms with Gasteiger partial charge in [-0.1, -0.05) is 19.3 Å². The van der Waals surface area contributed by atoms with Crippen molar-refractivity contribution < 1.29 is 14.4 Å². The van der Waals surface area contributed by atoms with E-state index in [2.05, 4.69) is 15.2 Å². The Morgan fingerprint density at radius 2 is 1.89 bits per heavy atom. The van der Waals surface area contributed by atoms with E-state index < -0.39 is 5.54 Å². The van der Waals surface area contributed by atoms with E-state index in [1.54, 1.807) is 0 Å². The number of piperazine rings is 1. The topological polar surface area (TPSA) is 85.9 Å². The molecule has 1 aromatic heterocycles. The van der Waals surface area contributed by atoms with Crippen molar-refractivity contribution in [1.82, 2.24) is 25.0 Å². The first-order valence-electron chi connectivity index (χ1n) is 10.0. The molecule has 0 bridgehead atoms. The van der Waals surface area contributed by atoms with Gasteiger partial charge < -0.3 is 10.2 Å². The standard InChI is InChI=1S/C19H27N5O3S/c1-14-12-28-15(20-14)11-16(25)23-9-7-22(8-10-23)13-24-17(26)19(21-18(24)27)5-3-2-4-6-19/h12H,2-11,13H2,1H3,(H,21,27). The number of hydrogen-bond donors (Lipinski definition) is 1. The molecule has 0 aromatic carbocycles. The van der Waals surface area contributed by atoms with Gasteiger partial charge in [0.15, 0.2) is 0 Å². The first kappa shape index (κ1) is 19.3. The van der Waals surface area contributed by atoms with Crippen LogP contribution in [0.3, 0.4) is 0 Å². The molecule has 3 heterocycles. The third-order valence-electron chi connectivity index (χ3n) is 5.99. The van der Waals surface area contributed by atoms with Crippen molar-refractivity contribution in [2.45, 2.75) is 51.0 Å². The molecule has 9 heteroatoms. The fourth-order valence-corrected chi connectivity index (χ4v) is 5.13. The van der Waals surface area contributed by atoms with Gasteiger partial charge in [0, 0.05) is 37.3 Å². The number of aryl methyl sites for hydroxylation is 1. The minimum absolute atomic E-state index is 0.0742. The zero-order chi connectivity index (χ0) is 19.7. The summed E-state index contributed by atoms with van der Waals surface area (Å²) in [5, 5.41) is 5.76. The zero-order valence-corrected chi connectivity index (χ0v) is 17.1. The smallest absolute Gasteiger partial charge is 0.326 e. The Balaban J connectivity index is 1.29. The monoisotopic (exact) mass is 405 g/mol. The molecule has 152 valence electrons. The number of thiazole rings is 1. The van der Waals surface area contributed by atoms with E-state index in [0.717, 1.165) is 42.8 Å². The molecule has 8 nitrogen and oxygen atoms in total. The number of amides is 4. The van der Waals surface area contributed by atoms with Gasteiger partial charge in [-0.2, -0.15) is 0 Å². The van der Waals surface area contributed by atoms with Crippen LogP contribution in [0.2, 0.25) is 0 Å². The summed E-state index contributed by atoms with van der Waals surface area (Å²) < 4.78 is 0. The Morgan fingerprint density at radius 1 is 1.18 bits per heavy atom. The maximum Gasteiger partial charge on any atom is 0.326 e. The predicted octanol–water partition coefficient (Wildman–Crippen LogP) is 1.35. The zero-order valence-electron chi connectivity index (χ0n) is 16.3. The Kier molecular flexibility index (Phi) is 5.37. The first-order valence-corrected chi connectivity index (χ1v) is 10.9. The van der Waals surface area contributed by atoms with Crippen molar-refractivity contribution in [3.8, 4) is 0 Å². The lowest BCUT2D eigenvalue weighted by atomic mass is 9.82. The van der Waals surface area contributed by atoms with Crippen LogP contribution in [0.4, 0.5) is 4.79 Å². The van der Waals surface area contributed by atoms with Crippen LogP contribution in [0.15, 0.2) is 5.38 Å². The fraction of sp³-hybridized carbons (Fsp3) is 0.684. The van der Waals surface area contributed by atoms with E-state index >= 15 is 0 Å². The minimum atomic E-state index is -0.668. The summed E-state index contributed by atoms with van der Waals surface area (Å²) in [5.41, 5.74) is 0.279. The van der Waals surface area contributed by atoms with E-state index in [1.807, 2.05) is 17.2 Å². The van der Waals surface area contributed by atoms with E-state index in [0.29, 0.717) is 39.3 Å². The van der Waals surface area contributed by atoms with Crippen molar-refractivity contribution in [3.05, 3.63) is 16.1 Å². The van der Waals surface area contributed by atoms with Gasteiger partial charge >= 0.3 is 6.03 Å².